The van der Waals surface area contributed by atoms with E-state index < -0.39 is 4.92 Å². The van der Waals surface area contributed by atoms with Gasteiger partial charge in [-0.05, 0) is 26.0 Å². The van der Waals surface area contributed by atoms with Gasteiger partial charge in [0, 0.05) is 23.9 Å². The van der Waals surface area contributed by atoms with E-state index >= 15 is 0 Å². The van der Waals surface area contributed by atoms with E-state index in [1.54, 1.807) is 0 Å². The van der Waals surface area contributed by atoms with Gasteiger partial charge in [0.2, 0.25) is 0 Å². The zero-order valence-electron chi connectivity index (χ0n) is 12.6. The lowest BCUT2D eigenvalue weighted by molar-refractivity contribution is -0.385. The van der Waals surface area contributed by atoms with Crippen LogP contribution in [0, 0.1) is 15.5 Å². The van der Waals surface area contributed by atoms with Crippen LogP contribution in [0.5, 0.6) is 5.75 Å². The zero-order valence-corrected chi connectivity index (χ0v) is 13.3. The largest absolute Gasteiger partial charge is 0.488 e. The van der Waals surface area contributed by atoms with Crippen molar-refractivity contribution in [2.45, 2.75) is 45.3 Å². The molecule has 5 nitrogen and oxygen atoms in total. The Morgan fingerprint density at radius 2 is 2.14 bits per heavy atom. The van der Waals surface area contributed by atoms with Gasteiger partial charge >= 0.3 is 0 Å². The van der Waals surface area contributed by atoms with Gasteiger partial charge in [-0.1, -0.05) is 25.4 Å². The molecule has 2 atom stereocenters. The summed E-state index contributed by atoms with van der Waals surface area (Å²) in [6, 6.07) is 4.72. The van der Waals surface area contributed by atoms with Crippen LogP contribution in [0.2, 0.25) is 5.02 Å². The van der Waals surface area contributed by atoms with E-state index in [1.165, 1.54) is 18.2 Å². The number of benzene rings is 1. The Morgan fingerprint density at radius 3 is 2.67 bits per heavy atom. The summed E-state index contributed by atoms with van der Waals surface area (Å²) in [5, 5.41) is 14.6. The summed E-state index contributed by atoms with van der Waals surface area (Å²) in [5.41, 5.74) is 0.0559. The van der Waals surface area contributed by atoms with E-state index in [4.69, 9.17) is 16.3 Å². The summed E-state index contributed by atoms with van der Waals surface area (Å²) in [6.07, 6.45) is 2.90. The second kappa shape index (κ2) is 6.20. The van der Waals surface area contributed by atoms with Crippen molar-refractivity contribution in [3.8, 4) is 5.75 Å². The third-order valence-electron chi connectivity index (χ3n) is 4.84. The minimum Gasteiger partial charge on any atom is -0.488 e. The smallest absolute Gasteiger partial charge is 0.273 e. The van der Waals surface area contributed by atoms with E-state index in [-0.39, 0.29) is 17.2 Å². The minimum absolute atomic E-state index is 0.00233. The van der Waals surface area contributed by atoms with Gasteiger partial charge in [0.25, 0.3) is 5.69 Å². The SMILES string of the molecule is CCC1(CC)C(NC)CC1Oc1cc([N+](=O)[O-])ccc1Cl. The van der Waals surface area contributed by atoms with Crippen LogP contribution in [-0.2, 0) is 0 Å². The molecular weight excluding hydrogens is 292 g/mol. The van der Waals surface area contributed by atoms with Crippen molar-refractivity contribution in [3.05, 3.63) is 33.3 Å². The standard InChI is InChI=1S/C15H21ClN2O3/c1-4-15(5-2)13(17-3)9-14(15)21-12-8-10(18(19)20)6-7-11(12)16/h6-8,13-14,17H,4-5,9H2,1-3H3. The first-order valence-corrected chi connectivity index (χ1v) is 7.64. The molecule has 0 radical (unpaired) electrons. The van der Waals surface area contributed by atoms with Gasteiger partial charge < -0.3 is 10.1 Å². The molecule has 1 N–H and O–H groups in total. The average Bonchev–Trinajstić information content (AvgIpc) is 2.46. The van der Waals surface area contributed by atoms with Crippen molar-refractivity contribution in [2.75, 3.05) is 7.05 Å². The summed E-state index contributed by atoms with van der Waals surface area (Å²) in [6.45, 7) is 4.30. The van der Waals surface area contributed by atoms with Crippen LogP contribution in [0.4, 0.5) is 5.69 Å². The molecule has 0 saturated heterocycles. The van der Waals surface area contributed by atoms with Crippen molar-refractivity contribution < 1.29 is 9.66 Å². The number of nitrogens with one attached hydrogen (secondary N) is 1. The molecule has 0 amide bonds. The van der Waals surface area contributed by atoms with Crippen LogP contribution in [0.15, 0.2) is 18.2 Å². The molecule has 0 bridgehead atoms. The molecule has 1 saturated carbocycles. The fourth-order valence-corrected chi connectivity index (χ4v) is 3.53. The number of nitrogens with zero attached hydrogens (tertiary/aromatic N) is 1. The second-order valence-electron chi connectivity index (χ2n) is 5.50. The first kappa shape index (κ1) is 16.0. The highest BCUT2D eigenvalue weighted by molar-refractivity contribution is 6.32. The third kappa shape index (κ3) is 2.72. The Bertz CT molecular complexity index is 532. The summed E-state index contributed by atoms with van der Waals surface area (Å²) in [7, 11) is 1.96. The fourth-order valence-electron chi connectivity index (χ4n) is 3.37. The molecule has 21 heavy (non-hydrogen) atoms. The van der Waals surface area contributed by atoms with Gasteiger partial charge in [0.15, 0.2) is 0 Å². The lowest BCUT2D eigenvalue weighted by Gasteiger charge is -2.55. The van der Waals surface area contributed by atoms with Crippen molar-refractivity contribution in [3.63, 3.8) is 0 Å². The molecule has 0 spiro atoms. The monoisotopic (exact) mass is 312 g/mol. The lowest BCUT2D eigenvalue weighted by Crippen LogP contribution is -2.63. The summed E-state index contributed by atoms with van der Waals surface area (Å²) in [4.78, 5) is 10.4. The molecule has 2 rings (SSSR count). The van der Waals surface area contributed by atoms with Crippen molar-refractivity contribution in [1.29, 1.82) is 0 Å². The Hall–Kier alpha value is -1.33. The van der Waals surface area contributed by atoms with Gasteiger partial charge in [0.05, 0.1) is 16.0 Å². The number of hydrogen-bond donors (Lipinski definition) is 1. The first-order chi connectivity index (χ1) is 9.98. The van der Waals surface area contributed by atoms with Crippen LogP contribution in [0.3, 0.4) is 0 Å². The number of nitro benzene ring substituents is 1. The predicted octanol–water partition coefficient (Wildman–Crippen LogP) is 3.79. The molecule has 1 aliphatic rings. The average molecular weight is 313 g/mol. The van der Waals surface area contributed by atoms with Crippen LogP contribution >= 0.6 is 11.6 Å². The Balaban J connectivity index is 2.22. The minimum atomic E-state index is -0.437. The Morgan fingerprint density at radius 1 is 1.48 bits per heavy atom. The molecule has 0 aromatic heterocycles. The zero-order chi connectivity index (χ0) is 15.6. The van der Waals surface area contributed by atoms with Gasteiger partial charge in [-0.3, -0.25) is 10.1 Å². The maximum Gasteiger partial charge on any atom is 0.273 e. The maximum absolute atomic E-state index is 10.9. The molecular formula is C15H21ClN2O3. The Labute approximate surface area is 129 Å². The molecule has 1 aromatic rings. The predicted molar refractivity (Wildman–Crippen MR) is 83.0 cm³/mol. The number of halogens is 1. The highest BCUT2D eigenvalue weighted by Crippen LogP contribution is 2.49. The molecule has 2 unspecified atom stereocenters. The Kier molecular flexibility index (Phi) is 4.74. The van der Waals surface area contributed by atoms with E-state index in [1.807, 2.05) is 7.05 Å². The first-order valence-electron chi connectivity index (χ1n) is 7.26. The molecule has 1 fully saturated rings. The number of ether oxygens (including phenoxy) is 1. The molecule has 1 aromatic carbocycles. The normalized spacial score (nSPS) is 23.4. The number of rotatable bonds is 6. The van der Waals surface area contributed by atoms with E-state index in [0.717, 1.165) is 19.3 Å². The highest BCUT2D eigenvalue weighted by Gasteiger charge is 2.53. The quantitative estimate of drug-likeness (QED) is 0.641. The molecule has 0 heterocycles. The van der Waals surface area contributed by atoms with Gasteiger partial charge in [-0.25, -0.2) is 0 Å². The second-order valence-corrected chi connectivity index (χ2v) is 5.90. The number of hydrogen-bond acceptors (Lipinski definition) is 4. The van der Waals surface area contributed by atoms with Crippen molar-refractivity contribution in [2.24, 2.45) is 5.41 Å². The third-order valence-corrected chi connectivity index (χ3v) is 5.16. The van der Waals surface area contributed by atoms with E-state index in [2.05, 4.69) is 19.2 Å². The summed E-state index contributed by atoms with van der Waals surface area (Å²) in [5.74, 6) is 0.400. The molecule has 0 aliphatic heterocycles. The van der Waals surface area contributed by atoms with E-state index in [9.17, 15) is 10.1 Å². The topological polar surface area (TPSA) is 64.4 Å². The van der Waals surface area contributed by atoms with Gasteiger partial charge in [-0.2, -0.15) is 0 Å². The van der Waals surface area contributed by atoms with Crippen molar-refractivity contribution in [1.82, 2.24) is 5.32 Å². The maximum atomic E-state index is 10.9. The van der Waals surface area contributed by atoms with Gasteiger partial charge in [0.1, 0.15) is 11.9 Å². The number of nitro groups is 1. The summed E-state index contributed by atoms with van der Waals surface area (Å²) < 4.78 is 6.03. The molecule has 6 heteroatoms. The highest BCUT2D eigenvalue weighted by atomic mass is 35.5. The molecule has 1 aliphatic carbocycles. The summed E-state index contributed by atoms with van der Waals surface area (Å²) >= 11 is 6.11. The van der Waals surface area contributed by atoms with Crippen LogP contribution < -0.4 is 10.1 Å². The van der Waals surface area contributed by atoms with E-state index in [0.29, 0.717) is 16.8 Å². The van der Waals surface area contributed by atoms with Gasteiger partial charge in [-0.15, -0.1) is 0 Å². The van der Waals surface area contributed by atoms with Crippen LogP contribution in [0.1, 0.15) is 33.1 Å². The van der Waals surface area contributed by atoms with Crippen LogP contribution in [0.25, 0.3) is 0 Å². The van der Waals surface area contributed by atoms with Crippen molar-refractivity contribution >= 4 is 17.3 Å². The fraction of sp³-hybridized carbons (Fsp3) is 0.600. The lowest BCUT2D eigenvalue weighted by atomic mass is 9.58. The van der Waals surface area contributed by atoms with Crippen LogP contribution in [-0.4, -0.2) is 24.1 Å². The number of non-ortho nitro benzene ring substituents is 1. The molecule has 116 valence electrons.